The molecule has 1 N–H and O–H groups in total. The maximum Gasteiger partial charge on any atom is 0.225 e. The maximum absolute atomic E-state index is 12.6. The average Bonchev–Trinajstić information content (AvgIpc) is 3.28. The topological polar surface area (TPSA) is 102 Å². The molecule has 4 rings (SSSR count). The minimum Gasteiger partial charge on any atom is -0.356 e. The zero-order chi connectivity index (χ0) is 18.5. The van der Waals surface area contributed by atoms with E-state index < -0.39 is 0 Å². The molecule has 1 aliphatic rings. The van der Waals surface area contributed by atoms with E-state index in [-0.39, 0.29) is 11.8 Å². The van der Waals surface area contributed by atoms with Gasteiger partial charge in [0, 0.05) is 38.1 Å². The smallest absolute Gasteiger partial charge is 0.225 e. The first-order valence-electron chi connectivity index (χ1n) is 8.88. The fourth-order valence-electron chi connectivity index (χ4n) is 3.20. The van der Waals surface area contributed by atoms with Crippen LogP contribution in [-0.2, 0) is 11.3 Å². The van der Waals surface area contributed by atoms with Gasteiger partial charge in [-0.2, -0.15) is 5.10 Å². The van der Waals surface area contributed by atoms with Gasteiger partial charge in [0.15, 0.2) is 5.82 Å². The Morgan fingerprint density at radius 1 is 1.15 bits per heavy atom. The Labute approximate surface area is 156 Å². The lowest BCUT2D eigenvalue weighted by molar-refractivity contribution is -0.125. The van der Waals surface area contributed by atoms with Crippen LogP contribution < -0.4 is 10.2 Å². The minimum atomic E-state index is -0.0645. The zero-order valence-electron chi connectivity index (χ0n) is 14.8. The van der Waals surface area contributed by atoms with E-state index in [1.807, 2.05) is 18.2 Å². The van der Waals surface area contributed by atoms with Crippen LogP contribution in [0.5, 0.6) is 0 Å². The summed E-state index contributed by atoms with van der Waals surface area (Å²) in [5.74, 6) is 1.45. The number of piperidine rings is 1. The standard InChI is InChI=1S/C18H20N8O/c27-18(21-9-14-3-5-19-6-4-14)15-2-1-7-25(10-15)16-8-17(23-12-22-16)26-13-20-11-24-26/h3-6,8,11-13,15H,1-2,7,9-10H2,(H,21,27). The molecule has 1 amide bonds. The third-order valence-electron chi connectivity index (χ3n) is 4.62. The van der Waals surface area contributed by atoms with Gasteiger partial charge < -0.3 is 10.2 Å². The van der Waals surface area contributed by atoms with Gasteiger partial charge in [0.25, 0.3) is 0 Å². The molecule has 0 bridgehead atoms. The summed E-state index contributed by atoms with van der Waals surface area (Å²) in [6.45, 7) is 2.01. The number of carbonyl (C=O) groups is 1. The van der Waals surface area contributed by atoms with Crippen LogP contribution in [0.1, 0.15) is 18.4 Å². The highest BCUT2D eigenvalue weighted by molar-refractivity contribution is 5.79. The number of pyridine rings is 1. The molecular weight excluding hydrogens is 344 g/mol. The number of carbonyl (C=O) groups excluding carboxylic acids is 1. The third kappa shape index (κ3) is 4.08. The van der Waals surface area contributed by atoms with Crippen molar-refractivity contribution in [3.63, 3.8) is 0 Å². The zero-order valence-corrected chi connectivity index (χ0v) is 14.8. The molecular formula is C18H20N8O. The van der Waals surface area contributed by atoms with Crippen molar-refractivity contribution in [3.8, 4) is 5.82 Å². The van der Waals surface area contributed by atoms with Crippen molar-refractivity contribution in [3.05, 3.63) is 55.1 Å². The molecule has 1 fully saturated rings. The van der Waals surface area contributed by atoms with E-state index in [9.17, 15) is 4.79 Å². The Kier molecular flexibility index (Phi) is 4.99. The first-order valence-corrected chi connectivity index (χ1v) is 8.88. The number of aromatic nitrogens is 6. The second kappa shape index (κ2) is 7.90. The van der Waals surface area contributed by atoms with E-state index >= 15 is 0 Å². The van der Waals surface area contributed by atoms with E-state index in [0.29, 0.717) is 18.9 Å². The van der Waals surface area contributed by atoms with Crippen molar-refractivity contribution in [2.24, 2.45) is 5.92 Å². The Balaban J connectivity index is 1.40. The first kappa shape index (κ1) is 17.1. The molecule has 3 aromatic rings. The van der Waals surface area contributed by atoms with Crippen molar-refractivity contribution in [2.45, 2.75) is 19.4 Å². The average molecular weight is 364 g/mol. The quantitative estimate of drug-likeness (QED) is 0.720. The molecule has 0 radical (unpaired) electrons. The lowest BCUT2D eigenvalue weighted by Crippen LogP contribution is -2.43. The van der Waals surface area contributed by atoms with Gasteiger partial charge in [-0.05, 0) is 30.5 Å². The molecule has 1 unspecified atom stereocenters. The van der Waals surface area contributed by atoms with Gasteiger partial charge in [0.2, 0.25) is 5.91 Å². The molecule has 4 heterocycles. The van der Waals surface area contributed by atoms with Gasteiger partial charge in [-0.1, -0.05) is 0 Å². The number of hydrogen-bond donors (Lipinski definition) is 1. The van der Waals surface area contributed by atoms with E-state index in [2.05, 4.69) is 35.3 Å². The van der Waals surface area contributed by atoms with Crippen LogP contribution >= 0.6 is 0 Å². The molecule has 1 aliphatic heterocycles. The van der Waals surface area contributed by atoms with E-state index in [1.54, 1.807) is 23.4 Å². The fraction of sp³-hybridized carbons (Fsp3) is 0.333. The largest absolute Gasteiger partial charge is 0.356 e. The Morgan fingerprint density at radius 2 is 2.00 bits per heavy atom. The normalized spacial score (nSPS) is 16.9. The number of nitrogens with one attached hydrogen (secondary N) is 1. The number of rotatable bonds is 5. The van der Waals surface area contributed by atoms with Crippen molar-refractivity contribution in [1.82, 2.24) is 35.0 Å². The van der Waals surface area contributed by atoms with Crippen molar-refractivity contribution < 1.29 is 4.79 Å². The van der Waals surface area contributed by atoms with Crippen LogP contribution in [0.25, 0.3) is 5.82 Å². The summed E-state index contributed by atoms with van der Waals surface area (Å²) >= 11 is 0. The second-order valence-electron chi connectivity index (χ2n) is 6.43. The number of nitrogens with zero attached hydrogens (tertiary/aromatic N) is 7. The van der Waals surface area contributed by atoms with Crippen LogP contribution in [-0.4, -0.2) is 48.7 Å². The summed E-state index contributed by atoms with van der Waals surface area (Å²) in [4.78, 5) is 31.3. The Bertz CT molecular complexity index is 883. The molecule has 3 aromatic heterocycles. The SMILES string of the molecule is O=C(NCc1ccncc1)C1CCCN(c2cc(-n3cncn3)ncn2)C1. The minimum absolute atomic E-state index is 0.0645. The predicted octanol–water partition coefficient (Wildman–Crippen LogP) is 0.985. The van der Waals surface area contributed by atoms with Crippen molar-refractivity contribution in [2.75, 3.05) is 18.0 Å². The fourth-order valence-corrected chi connectivity index (χ4v) is 3.20. The van der Waals surface area contributed by atoms with E-state index in [4.69, 9.17) is 0 Å². The number of anilines is 1. The van der Waals surface area contributed by atoms with Crippen molar-refractivity contribution in [1.29, 1.82) is 0 Å². The molecule has 27 heavy (non-hydrogen) atoms. The first-order chi connectivity index (χ1) is 13.3. The van der Waals surface area contributed by atoms with Crippen LogP contribution in [0.4, 0.5) is 5.82 Å². The van der Waals surface area contributed by atoms with Gasteiger partial charge in [-0.15, -0.1) is 0 Å². The molecule has 9 nitrogen and oxygen atoms in total. The predicted molar refractivity (Wildman–Crippen MR) is 98.0 cm³/mol. The summed E-state index contributed by atoms with van der Waals surface area (Å²) < 4.78 is 1.59. The second-order valence-corrected chi connectivity index (χ2v) is 6.43. The van der Waals surface area contributed by atoms with Crippen LogP contribution in [0.3, 0.4) is 0 Å². The molecule has 9 heteroatoms. The van der Waals surface area contributed by atoms with Gasteiger partial charge in [0.1, 0.15) is 24.8 Å². The van der Waals surface area contributed by atoms with Crippen molar-refractivity contribution >= 4 is 11.7 Å². The number of amides is 1. The molecule has 1 saturated heterocycles. The monoisotopic (exact) mass is 364 g/mol. The lowest BCUT2D eigenvalue weighted by Gasteiger charge is -2.32. The molecule has 0 aliphatic carbocycles. The van der Waals surface area contributed by atoms with E-state index in [0.717, 1.165) is 30.8 Å². The summed E-state index contributed by atoms with van der Waals surface area (Å²) in [6, 6.07) is 5.67. The van der Waals surface area contributed by atoms with Crippen LogP contribution in [0.2, 0.25) is 0 Å². The highest BCUT2D eigenvalue weighted by Gasteiger charge is 2.26. The van der Waals surface area contributed by atoms with Gasteiger partial charge in [-0.25, -0.2) is 19.6 Å². The van der Waals surface area contributed by atoms with Gasteiger partial charge in [0.05, 0.1) is 5.92 Å². The Morgan fingerprint density at radius 3 is 2.81 bits per heavy atom. The molecule has 0 saturated carbocycles. The highest BCUT2D eigenvalue weighted by atomic mass is 16.1. The Hall–Kier alpha value is -3.36. The van der Waals surface area contributed by atoms with E-state index in [1.165, 1.54) is 12.7 Å². The van der Waals surface area contributed by atoms with Gasteiger partial charge in [-0.3, -0.25) is 9.78 Å². The molecule has 0 spiro atoms. The van der Waals surface area contributed by atoms with Crippen LogP contribution in [0, 0.1) is 5.92 Å². The molecule has 1 atom stereocenters. The lowest BCUT2D eigenvalue weighted by atomic mass is 9.97. The molecule has 0 aromatic carbocycles. The highest BCUT2D eigenvalue weighted by Crippen LogP contribution is 2.22. The summed E-state index contributed by atoms with van der Waals surface area (Å²) in [5, 5.41) is 7.12. The molecule has 138 valence electrons. The summed E-state index contributed by atoms with van der Waals surface area (Å²) in [5.41, 5.74) is 1.04. The summed E-state index contributed by atoms with van der Waals surface area (Å²) in [7, 11) is 0. The third-order valence-corrected chi connectivity index (χ3v) is 4.62. The maximum atomic E-state index is 12.6. The number of hydrogen-bond acceptors (Lipinski definition) is 7. The van der Waals surface area contributed by atoms with Crippen LogP contribution in [0.15, 0.2) is 49.6 Å². The summed E-state index contributed by atoms with van der Waals surface area (Å²) in [6.07, 6.45) is 9.84. The van der Waals surface area contributed by atoms with Gasteiger partial charge >= 0.3 is 0 Å².